The zero-order valence-electron chi connectivity index (χ0n) is 13.6. The van der Waals surface area contributed by atoms with Gasteiger partial charge in [-0.2, -0.15) is 4.31 Å². The smallest absolute Gasteiger partial charge is 0.239 e. The molecule has 2 aromatic rings. The number of nitrogens with zero attached hydrogens (tertiary/aromatic N) is 1. The lowest BCUT2D eigenvalue weighted by Crippen LogP contribution is -2.38. The molecule has 0 unspecified atom stereocenters. The van der Waals surface area contributed by atoms with Crippen LogP contribution in [-0.4, -0.2) is 38.0 Å². The molecule has 1 amide bonds. The third-order valence-corrected chi connectivity index (χ3v) is 4.73. The van der Waals surface area contributed by atoms with Crippen molar-refractivity contribution in [1.29, 1.82) is 0 Å². The summed E-state index contributed by atoms with van der Waals surface area (Å²) in [6, 6.07) is 10.9. The Labute approximate surface area is 145 Å². The summed E-state index contributed by atoms with van der Waals surface area (Å²) in [4.78, 5) is 12.0. The predicted octanol–water partition coefficient (Wildman–Crippen LogP) is 2.41. The van der Waals surface area contributed by atoms with Crippen molar-refractivity contribution in [2.24, 2.45) is 0 Å². The fourth-order valence-electron chi connectivity index (χ4n) is 2.16. The van der Waals surface area contributed by atoms with E-state index < -0.39 is 21.7 Å². The Morgan fingerprint density at radius 2 is 1.52 bits per heavy atom. The van der Waals surface area contributed by atoms with E-state index in [1.807, 2.05) is 0 Å². The van der Waals surface area contributed by atoms with Gasteiger partial charge in [0.05, 0.1) is 12.8 Å². The van der Waals surface area contributed by atoms with Crippen LogP contribution in [0.25, 0.3) is 0 Å². The Morgan fingerprint density at radius 1 is 1.00 bits per heavy atom. The van der Waals surface area contributed by atoms with Crippen molar-refractivity contribution in [3.05, 3.63) is 65.7 Å². The molecule has 0 spiro atoms. The number of carbonyl (C=O) groups is 1. The number of sulfonamides is 1. The van der Waals surface area contributed by atoms with E-state index in [-0.39, 0.29) is 18.9 Å². The van der Waals surface area contributed by atoms with E-state index in [0.717, 1.165) is 16.1 Å². The van der Waals surface area contributed by atoms with Crippen LogP contribution in [0.15, 0.2) is 48.5 Å². The molecule has 5 nitrogen and oxygen atoms in total. The predicted molar refractivity (Wildman–Crippen MR) is 91.6 cm³/mol. The van der Waals surface area contributed by atoms with Crippen molar-refractivity contribution in [3.8, 4) is 0 Å². The van der Waals surface area contributed by atoms with Gasteiger partial charge in [-0.05, 0) is 48.4 Å². The Morgan fingerprint density at radius 3 is 2.04 bits per heavy atom. The summed E-state index contributed by atoms with van der Waals surface area (Å²) in [5.41, 5.74) is 1.13. The van der Waals surface area contributed by atoms with Crippen LogP contribution >= 0.6 is 0 Å². The molecule has 0 fully saturated rings. The molecule has 0 saturated heterocycles. The number of carbonyl (C=O) groups excluding carboxylic acids is 1. The standard InChI is InChI=1S/C17H18F2N2O3S/c1-25(23,24)21(11-10-13-2-4-14(18)5-3-13)12-17(22)20-16-8-6-15(19)7-9-16/h2-9H,10-12H2,1H3,(H,20,22). The van der Waals surface area contributed by atoms with Crippen molar-refractivity contribution < 1.29 is 22.0 Å². The monoisotopic (exact) mass is 368 g/mol. The molecule has 0 bridgehead atoms. The first kappa shape index (κ1) is 19.0. The van der Waals surface area contributed by atoms with Crippen LogP contribution in [0.1, 0.15) is 5.56 Å². The minimum atomic E-state index is -3.60. The lowest BCUT2D eigenvalue weighted by atomic mass is 10.1. The Hall–Kier alpha value is -2.32. The van der Waals surface area contributed by atoms with Gasteiger partial charge in [0.25, 0.3) is 0 Å². The molecule has 1 N–H and O–H groups in total. The quantitative estimate of drug-likeness (QED) is 0.816. The van der Waals surface area contributed by atoms with Gasteiger partial charge >= 0.3 is 0 Å². The van der Waals surface area contributed by atoms with E-state index in [1.54, 1.807) is 12.1 Å². The van der Waals surface area contributed by atoms with E-state index in [1.165, 1.54) is 36.4 Å². The Bertz CT molecular complexity index is 822. The average Bonchev–Trinajstić information content (AvgIpc) is 2.54. The average molecular weight is 368 g/mol. The summed E-state index contributed by atoms with van der Waals surface area (Å²) in [6.45, 7) is -0.279. The van der Waals surface area contributed by atoms with Gasteiger partial charge in [-0.25, -0.2) is 17.2 Å². The van der Waals surface area contributed by atoms with Crippen molar-refractivity contribution in [1.82, 2.24) is 4.31 Å². The summed E-state index contributed by atoms with van der Waals surface area (Å²) in [6.07, 6.45) is 1.36. The van der Waals surface area contributed by atoms with Crippen LogP contribution in [0, 0.1) is 11.6 Å². The molecule has 0 aliphatic heterocycles. The number of benzene rings is 2. The lowest BCUT2D eigenvalue weighted by Gasteiger charge is -2.19. The molecule has 0 radical (unpaired) electrons. The second kappa shape index (κ2) is 8.17. The van der Waals surface area contributed by atoms with E-state index in [0.29, 0.717) is 12.1 Å². The Balaban J connectivity index is 1.98. The van der Waals surface area contributed by atoms with Crippen LogP contribution in [0.5, 0.6) is 0 Å². The topological polar surface area (TPSA) is 66.5 Å². The summed E-state index contributed by atoms with van der Waals surface area (Å²) >= 11 is 0. The van der Waals surface area contributed by atoms with Gasteiger partial charge in [0.15, 0.2) is 0 Å². The fraction of sp³-hybridized carbons (Fsp3) is 0.235. The lowest BCUT2D eigenvalue weighted by molar-refractivity contribution is -0.116. The molecule has 134 valence electrons. The molecular weight excluding hydrogens is 350 g/mol. The van der Waals surface area contributed by atoms with Gasteiger partial charge < -0.3 is 5.32 Å². The zero-order valence-corrected chi connectivity index (χ0v) is 14.4. The van der Waals surface area contributed by atoms with Gasteiger partial charge in [0, 0.05) is 12.2 Å². The molecular formula is C17H18F2N2O3S. The number of hydrogen-bond donors (Lipinski definition) is 1. The largest absolute Gasteiger partial charge is 0.325 e. The first-order valence-corrected chi connectivity index (χ1v) is 9.34. The molecule has 0 aromatic heterocycles. The minimum absolute atomic E-state index is 0.0846. The molecule has 8 heteroatoms. The molecule has 0 saturated carbocycles. The minimum Gasteiger partial charge on any atom is -0.325 e. The maximum Gasteiger partial charge on any atom is 0.239 e. The molecule has 2 rings (SSSR count). The van der Waals surface area contributed by atoms with Gasteiger partial charge in [-0.1, -0.05) is 12.1 Å². The SMILES string of the molecule is CS(=O)(=O)N(CCc1ccc(F)cc1)CC(=O)Nc1ccc(F)cc1. The Kier molecular flexibility index (Phi) is 6.22. The van der Waals surface area contributed by atoms with Crippen LogP contribution in [0.3, 0.4) is 0 Å². The second-order valence-electron chi connectivity index (χ2n) is 5.53. The highest BCUT2D eigenvalue weighted by molar-refractivity contribution is 7.88. The number of hydrogen-bond acceptors (Lipinski definition) is 3. The number of rotatable bonds is 7. The zero-order chi connectivity index (χ0) is 18.4. The third-order valence-electron chi connectivity index (χ3n) is 3.48. The van der Waals surface area contributed by atoms with Gasteiger partial charge in [0.2, 0.25) is 15.9 Å². The molecule has 0 atom stereocenters. The van der Waals surface area contributed by atoms with E-state index >= 15 is 0 Å². The third kappa shape index (κ3) is 6.24. The highest BCUT2D eigenvalue weighted by atomic mass is 32.2. The van der Waals surface area contributed by atoms with Crippen molar-refractivity contribution in [3.63, 3.8) is 0 Å². The van der Waals surface area contributed by atoms with E-state index in [9.17, 15) is 22.0 Å². The van der Waals surface area contributed by atoms with E-state index in [2.05, 4.69) is 5.32 Å². The van der Waals surface area contributed by atoms with Gasteiger partial charge in [-0.3, -0.25) is 4.79 Å². The maximum atomic E-state index is 12.9. The second-order valence-corrected chi connectivity index (χ2v) is 7.51. The van der Waals surface area contributed by atoms with Crippen LogP contribution < -0.4 is 5.32 Å². The first-order chi connectivity index (χ1) is 11.7. The summed E-state index contributed by atoms with van der Waals surface area (Å²) in [7, 11) is -3.60. The van der Waals surface area contributed by atoms with Crippen LogP contribution in [0.2, 0.25) is 0 Å². The van der Waals surface area contributed by atoms with Crippen molar-refractivity contribution in [2.45, 2.75) is 6.42 Å². The molecule has 25 heavy (non-hydrogen) atoms. The van der Waals surface area contributed by atoms with Crippen molar-refractivity contribution >= 4 is 21.6 Å². The van der Waals surface area contributed by atoms with E-state index in [4.69, 9.17) is 0 Å². The molecule has 0 heterocycles. The fourth-order valence-corrected chi connectivity index (χ4v) is 2.94. The van der Waals surface area contributed by atoms with Crippen molar-refractivity contribution in [2.75, 3.05) is 24.7 Å². The summed E-state index contributed by atoms with van der Waals surface area (Å²) in [5, 5.41) is 2.52. The van der Waals surface area contributed by atoms with Crippen LogP contribution in [0.4, 0.5) is 14.5 Å². The van der Waals surface area contributed by atoms with Gasteiger partial charge in [-0.15, -0.1) is 0 Å². The molecule has 2 aromatic carbocycles. The molecule has 0 aliphatic rings. The number of halogens is 2. The molecule has 0 aliphatic carbocycles. The first-order valence-electron chi connectivity index (χ1n) is 7.49. The number of amides is 1. The number of anilines is 1. The van der Waals surface area contributed by atoms with Gasteiger partial charge in [0.1, 0.15) is 11.6 Å². The van der Waals surface area contributed by atoms with Crippen LogP contribution in [-0.2, 0) is 21.2 Å². The number of nitrogens with one attached hydrogen (secondary N) is 1. The highest BCUT2D eigenvalue weighted by Gasteiger charge is 2.20. The highest BCUT2D eigenvalue weighted by Crippen LogP contribution is 2.10. The summed E-state index contributed by atoms with van der Waals surface area (Å²) < 4.78 is 50.5. The normalized spacial score (nSPS) is 11.5. The maximum absolute atomic E-state index is 12.9. The summed E-state index contributed by atoms with van der Waals surface area (Å²) in [5.74, 6) is -1.34.